The molecule has 0 radical (unpaired) electrons. The van der Waals surface area contributed by atoms with Gasteiger partial charge in [-0.2, -0.15) is 0 Å². The first-order valence-corrected chi connectivity index (χ1v) is 22.0. The molecule has 0 N–H and O–H groups in total. The lowest BCUT2D eigenvalue weighted by Gasteiger charge is -2.19. The Morgan fingerprint density at radius 3 is 1.05 bits per heavy atom. The average Bonchev–Trinajstić information content (AvgIpc) is 4.09. The first kappa shape index (κ1) is 35.0. The second-order valence-electron chi connectivity index (χ2n) is 16.9. The fourth-order valence-corrected chi connectivity index (χ4v) is 11.0. The number of para-hydroxylation sites is 9. The highest BCUT2D eigenvalue weighted by Gasteiger charge is 2.23. The summed E-state index contributed by atoms with van der Waals surface area (Å²) in [6, 6.07) is 84.5. The second-order valence-corrected chi connectivity index (χ2v) is 16.9. The van der Waals surface area contributed by atoms with Gasteiger partial charge < -0.3 is 18.3 Å². The number of nitrogens with zero attached hydrogens (tertiary/aromatic N) is 4. The molecule has 14 aromatic rings. The predicted octanol–water partition coefficient (Wildman–Crippen LogP) is 15.7. The van der Waals surface area contributed by atoms with Gasteiger partial charge in [0, 0.05) is 59.9 Å². The summed E-state index contributed by atoms with van der Waals surface area (Å²) in [6.07, 6.45) is 0. The third-order valence-electron chi connectivity index (χ3n) is 13.6. The first-order chi connectivity index (χ1) is 31.8. The van der Waals surface area contributed by atoms with Crippen LogP contribution in [0.3, 0.4) is 0 Å². The predicted molar refractivity (Wildman–Crippen MR) is 269 cm³/mol. The molecule has 0 aliphatic carbocycles. The molecule has 0 unspecified atom stereocenters. The zero-order valence-corrected chi connectivity index (χ0v) is 34.7. The molecule has 0 amide bonds. The topological polar surface area (TPSA) is 19.7 Å². The fraction of sp³-hybridized carbons (Fsp3) is 0. The standard InChI is InChI=1S/C60H38N4/c1-9-27-50-40(18-1)41-19-2-10-28-51(41)61(50)39-36-37-58-49(38-39)47-25-8-14-32-55(47)62(58)52-29-11-3-22-44(52)45-23-6-15-33-56(45)64-57-34-16-7-24-46(57)48-26-17-35-59(60(48)64)63-53-30-12-4-20-42(53)43-21-5-13-31-54(43)63/h1-38H. The lowest BCUT2D eigenvalue weighted by molar-refractivity contribution is 1.13. The lowest BCUT2D eigenvalue weighted by Crippen LogP contribution is -2.03. The highest BCUT2D eigenvalue weighted by molar-refractivity contribution is 6.16. The smallest absolute Gasteiger partial charge is 0.0782 e. The van der Waals surface area contributed by atoms with Crippen molar-refractivity contribution >= 4 is 87.2 Å². The molecule has 64 heavy (non-hydrogen) atoms. The molecule has 4 nitrogen and oxygen atoms in total. The molecule has 4 heteroatoms. The summed E-state index contributed by atoms with van der Waals surface area (Å²) in [5, 5.41) is 9.92. The minimum absolute atomic E-state index is 1.13. The minimum atomic E-state index is 1.13. The number of aromatic nitrogens is 4. The summed E-state index contributed by atoms with van der Waals surface area (Å²) in [6.45, 7) is 0. The molecular weight excluding hydrogens is 777 g/mol. The summed E-state index contributed by atoms with van der Waals surface area (Å²) in [5.74, 6) is 0. The van der Waals surface area contributed by atoms with Crippen LogP contribution in [-0.4, -0.2) is 18.3 Å². The maximum Gasteiger partial charge on any atom is 0.0782 e. The molecule has 4 aromatic heterocycles. The summed E-state index contributed by atoms with van der Waals surface area (Å²) in [7, 11) is 0. The van der Waals surface area contributed by atoms with Gasteiger partial charge in [0.25, 0.3) is 0 Å². The molecule has 4 heterocycles. The van der Waals surface area contributed by atoms with E-state index in [0.717, 1.165) is 33.9 Å². The van der Waals surface area contributed by atoms with Crippen molar-refractivity contribution in [1.82, 2.24) is 18.3 Å². The van der Waals surface area contributed by atoms with Crippen molar-refractivity contribution in [3.05, 3.63) is 231 Å². The number of hydrogen-bond donors (Lipinski definition) is 0. The normalized spacial score (nSPS) is 12.1. The van der Waals surface area contributed by atoms with E-state index in [2.05, 4.69) is 249 Å². The first-order valence-electron chi connectivity index (χ1n) is 22.0. The number of rotatable bonds is 5. The van der Waals surface area contributed by atoms with Crippen LogP contribution in [0.15, 0.2) is 231 Å². The zero-order chi connectivity index (χ0) is 41.9. The van der Waals surface area contributed by atoms with Crippen molar-refractivity contribution in [3.63, 3.8) is 0 Å². The van der Waals surface area contributed by atoms with E-state index in [1.165, 1.54) is 87.2 Å². The van der Waals surface area contributed by atoms with E-state index in [1.807, 2.05) is 0 Å². The SMILES string of the molecule is c1ccc(-n2c3ccccc3c3cc(-n4c5ccccc5c5ccccc54)ccc32)c(-c2ccccc2-n2c3ccccc3c3cccc(-n4c5ccccc5c5ccccc54)c32)c1. The zero-order valence-electron chi connectivity index (χ0n) is 34.7. The molecule has 0 fully saturated rings. The average molecular weight is 815 g/mol. The Kier molecular flexibility index (Phi) is 7.36. The van der Waals surface area contributed by atoms with Crippen LogP contribution in [0, 0.1) is 0 Å². The van der Waals surface area contributed by atoms with Crippen molar-refractivity contribution in [1.29, 1.82) is 0 Å². The lowest BCUT2D eigenvalue weighted by atomic mass is 10.0. The molecule has 0 atom stereocenters. The van der Waals surface area contributed by atoms with Gasteiger partial charge in [0.1, 0.15) is 0 Å². The van der Waals surface area contributed by atoms with Gasteiger partial charge in [-0.25, -0.2) is 0 Å². The third kappa shape index (κ3) is 4.82. The van der Waals surface area contributed by atoms with E-state index >= 15 is 0 Å². The summed E-state index contributed by atoms with van der Waals surface area (Å²) in [4.78, 5) is 0. The molecular formula is C60H38N4. The van der Waals surface area contributed by atoms with Crippen molar-refractivity contribution in [2.24, 2.45) is 0 Å². The van der Waals surface area contributed by atoms with Crippen LogP contribution in [0.1, 0.15) is 0 Å². The van der Waals surface area contributed by atoms with Gasteiger partial charge in [-0.1, -0.05) is 158 Å². The number of fused-ring (bicyclic) bond motifs is 12. The van der Waals surface area contributed by atoms with Gasteiger partial charge >= 0.3 is 0 Å². The fourth-order valence-electron chi connectivity index (χ4n) is 11.0. The second kappa shape index (κ2) is 13.4. The summed E-state index contributed by atoms with van der Waals surface area (Å²) in [5.41, 5.74) is 16.4. The number of benzene rings is 10. The Morgan fingerprint density at radius 1 is 0.203 bits per heavy atom. The maximum atomic E-state index is 2.51. The van der Waals surface area contributed by atoms with Crippen LogP contribution in [0.25, 0.3) is 121 Å². The van der Waals surface area contributed by atoms with E-state index in [1.54, 1.807) is 0 Å². The van der Waals surface area contributed by atoms with E-state index in [4.69, 9.17) is 0 Å². The van der Waals surface area contributed by atoms with Gasteiger partial charge in [-0.3, -0.25) is 0 Å². The molecule has 0 saturated carbocycles. The largest absolute Gasteiger partial charge is 0.309 e. The van der Waals surface area contributed by atoms with Crippen LogP contribution in [-0.2, 0) is 0 Å². The van der Waals surface area contributed by atoms with Gasteiger partial charge in [0.05, 0.1) is 61.2 Å². The molecule has 0 spiro atoms. The van der Waals surface area contributed by atoms with Gasteiger partial charge in [0.15, 0.2) is 0 Å². The number of hydrogen-bond acceptors (Lipinski definition) is 0. The monoisotopic (exact) mass is 814 g/mol. The summed E-state index contributed by atoms with van der Waals surface area (Å²) >= 11 is 0. The Morgan fingerprint density at radius 2 is 0.531 bits per heavy atom. The highest BCUT2D eigenvalue weighted by Crippen LogP contribution is 2.44. The molecule has 0 saturated heterocycles. The van der Waals surface area contributed by atoms with Gasteiger partial charge in [0.2, 0.25) is 0 Å². The molecule has 0 bridgehead atoms. The molecule has 0 aliphatic rings. The third-order valence-corrected chi connectivity index (χ3v) is 13.6. The Hall–Kier alpha value is -8.60. The van der Waals surface area contributed by atoms with Crippen LogP contribution in [0.5, 0.6) is 0 Å². The van der Waals surface area contributed by atoms with Crippen LogP contribution in [0.2, 0.25) is 0 Å². The maximum absolute atomic E-state index is 2.51. The Balaban J connectivity index is 1.03. The molecule has 298 valence electrons. The Labute approximate surface area is 368 Å². The van der Waals surface area contributed by atoms with E-state index in [0.29, 0.717) is 0 Å². The van der Waals surface area contributed by atoms with Crippen molar-refractivity contribution in [3.8, 4) is 33.9 Å². The molecule has 10 aromatic carbocycles. The highest BCUT2D eigenvalue weighted by atomic mass is 15.1. The van der Waals surface area contributed by atoms with Crippen LogP contribution >= 0.6 is 0 Å². The van der Waals surface area contributed by atoms with Crippen LogP contribution in [0.4, 0.5) is 0 Å². The van der Waals surface area contributed by atoms with E-state index in [-0.39, 0.29) is 0 Å². The van der Waals surface area contributed by atoms with Crippen molar-refractivity contribution in [2.45, 2.75) is 0 Å². The van der Waals surface area contributed by atoms with Gasteiger partial charge in [-0.05, 0) is 72.8 Å². The quantitative estimate of drug-likeness (QED) is 0.165. The minimum Gasteiger partial charge on any atom is -0.309 e. The van der Waals surface area contributed by atoms with Gasteiger partial charge in [-0.15, -0.1) is 0 Å². The molecule has 14 rings (SSSR count). The summed E-state index contributed by atoms with van der Waals surface area (Å²) < 4.78 is 9.87. The van der Waals surface area contributed by atoms with E-state index in [9.17, 15) is 0 Å². The van der Waals surface area contributed by atoms with Crippen molar-refractivity contribution < 1.29 is 0 Å². The Bertz CT molecular complexity index is 4100. The van der Waals surface area contributed by atoms with Crippen LogP contribution < -0.4 is 0 Å². The molecule has 0 aliphatic heterocycles. The van der Waals surface area contributed by atoms with Crippen molar-refractivity contribution in [2.75, 3.05) is 0 Å². The van der Waals surface area contributed by atoms with E-state index < -0.39 is 0 Å².